The van der Waals surface area contributed by atoms with Crippen molar-refractivity contribution in [1.82, 2.24) is 5.32 Å². The normalized spacial score (nSPS) is 11.4. The Bertz CT molecular complexity index is 733. The van der Waals surface area contributed by atoms with Crippen molar-refractivity contribution in [3.05, 3.63) is 50.2 Å². The molecule has 0 aliphatic rings. The molecule has 1 aromatic heterocycles. The number of carbonyl (C=O) groups is 3. The Labute approximate surface area is 156 Å². The van der Waals surface area contributed by atoms with Crippen LogP contribution in [0.2, 0.25) is 0 Å². The fourth-order valence-corrected chi connectivity index (χ4v) is 2.93. The largest absolute Gasteiger partial charge is 0.454 e. The number of ether oxygens (including phenoxy) is 1. The van der Waals surface area contributed by atoms with Gasteiger partial charge in [0.1, 0.15) is 6.04 Å². The van der Waals surface area contributed by atoms with Gasteiger partial charge in [0, 0.05) is 9.26 Å². The zero-order chi connectivity index (χ0) is 17.5. The van der Waals surface area contributed by atoms with Gasteiger partial charge in [0.05, 0.1) is 4.88 Å². The van der Waals surface area contributed by atoms with E-state index in [0.29, 0.717) is 10.6 Å². The summed E-state index contributed by atoms with van der Waals surface area (Å²) in [6, 6.07) is 9.81. The van der Waals surface area contributed by atoms with Crippen LogP contribution in [0.15, 0.2) is 41.8 Å². The average molecular weight is 458 g/mol. The quantitative estimate of drug-likeness (QED) is 0.515. The van der Waals surface area contributed by atoms with Gasteiger partial charge in [-0.3, -0.25) is 9.59 Å². The topological polar surface area (TPSA) is 84.5 Å². The lowest BCUT2D eigenvalue weighted by atomic mass is 10.3. The van der Waals surface area contributed by atoms with E-state index in [0.717, 1.165) is 3.57 Å². The van der Waals surface area contributed by atoms with Crippen molar-refractivity contribution in [2.24, 2.45) is 0 Å². The molecule has 0 saturated carbocycles. The summed E-state index contributed by atoms with van der Waals surface area (Å²) in [5, 5.41) is 6.93. The molecule has 2 aromatic rings. The van der Waals surface area contributed by atoms with Crippen molar-refractivity contribution >= 4 is 57.4 Å². The number of amides is 2. The number of nitrogens with one attached hydrogen (secondary N) is 2. The van der Waals surface area contributed by atoms with E-state index < -0.39 is 24.5 Å². The molecule has 0 fully saturated rings. The van der Waals surface area contributed by atoms with E-state index in [4.69, 9.17) is 4.74 Å². The third-order valence-corrected chi connectivity index (χ3v) is 4.44. The second-order valence-electron chi connectivity index (χ2n) is 4.84. The minimum absolute atomic E-state index is 0.349. The summed E-state index contributed by atoms with van der Waals surface area (Å²) in [4.78, 5) is 36.0. The number of hydrogen-bond acceptors (Lipinski definition) is 5. The molecule has 2 amide bonds. The Hall–Kier alpha value is -1.94. The summed E-state index contributed by atoms with van der Waals surface area (Å²) in [5.74, 6) is -1.46. The first-order chi connectivity index (χ1) is 11.5. The number of anilines is 1. The number of rotatable bonds is 6. The fraction of sp³-hybridized carbons (Fsp3) is 0.188. The van der Waals surface area contributed by atoms with Gasteiger partial charge in [-0.05, 0) is 59.2 Å². The van der Waals surface area contributed by atoms with Crippen LogP contribution in [0.25, 0.3) is 0 Å². The van der Waals surface area contributed by atoms with Crippen molar-refractivity contribution in [3.8, 4) is 0 Å². The van der Waals surface area contributed by atoms with Gasteiger partial charge in [-0.25, -0.2) is 4.79 Å². The molecule has 0 radical (unpaired) electrons. The second-order valence-corrected chi connectivity index (χ2v) is 7.03. The van der Waals surface area contributed by atoms with E-state index in [1.165, 1.54) is 18.3 Å². The molecule has 1 atom stereocenters. The Morgan fingerprint density at radius 3 is 2.71 bits per heavy atom. The first-order valence-corrected chi connectivity index (χ1v) is 8.98. The van der Waals surface area contributed by atoms with E-state index in [-0.39, 0.29) is 5.91 Å². The standard InChI is InChI=1S/C16H15IN2O4S/c1-10(18-15(21)13-6-3-7-24-13)16(22)23-9-14(20)19-12-5-2-4-11(17)8-12/h2-8,10H,9H2,1H3,(H,18,21)(H,19,20). The van der Waals surface area contributed by atoms with Crippen molar-refractivity contribution in [3.63, 3.8) is 0 Å². The monoisotopic (exact) mass is 458 g/mol. The molecule has 8 heteroatoms. The molecule has 1 heterocycles. The van der Waals surface area contributed by atoms with E-state index >= 15 is 0 Å². The summed E-state index contributed by atoms with van der Waals surface area (Å²) >= 11 is 3.41. The minimum Gasteiger partial charge on any atom is -0.454 e. The molecule has 0 saturated heterocycles. The van der Waals surface area contributed by atoms with E-state index in [2.05, 4.69) is 33.2 Å². The van der Waals surface area contributed by atoms with Gasteiger partial charge in [-0.2, -0.15) is 0 Å². The van der Waals surface area contributed by atoms with E-state index in [1.54, 1.807) is 29.6 Å². The maximum absolute atomic E-state index is 11.8. The number of benzene rings is 1. The van der Waals surface area contributed by atoms with Crippen LogP contribution < -0.4 is 10.6 Å². The van der Waals surface area contributed by atoms with Gasteiger partial charge >= 0.3 is 5.97 Å². The summed E-state index contributed by atoms with van der Waals surface area (Å²) in [6.45, 7) is 1.09. The Kier molecular flexibility index (Phi) is 6.73. The molecule has 1 unspecified atom stereocenters. The predicted octanol–water partition coefficient (Wildman–Crippen LogP) is 2.65. The summed E-state index contributed by atoms with van der Waals surface area (Å²) in [7, 11) is 0. The lowest BCUT2D eigenvalue weighted by molar-refractivity contribution is -0.148. The van der Waals surface area contributed by atoms with Crippen molar-refractivity contribution in [2.75, 3.05) is 11.9 Å². The highest BCUT2D eigenvalue weighted by Gasteiger charge is 2.19. The zero-order valence-corrected chi connectivity index (χ0v) is 15.7. The SMILES string of the molecule is CC(NC(=O)c1cccs1)C(=O)OCC(=O)Nc1cccc(I)c1. The van der Waals surface area contributed by atoms with Gasteiger partial charge in [-0.1, -0.05) is 12.1 Å². The molecular formula is C16H15IN2O4S. The van der Waals surface area contributed by atoms with Crippen LogP contribution in [0.3, 0.4) is 0 Å². The molecule has 2 rings (SSSR count). The number of halogens is 1. The first kappa shape index (κ1) is 18.4. The van der Waals surface area contributed by atoms with Crippen LogP contribution in [0.4, 0.5) is 5.69 Å². The number of carbonyl (C=O) groups excluding carboxylic acids is 3. The third-order valence-electron chi connectivity index (χ3n) is 2.90. The first-order valence-electron chi connectivity index (χ1n) is 7.02. The Morgan fingerprint density at radius 2 is 2.04 bits per heavy atom. The van der Waals surface area contributed by atoms with Crippen LogP contribution >= 0.6 is 33.9 Å². The molecule has 0 aliphatic carbocycles. The third kappa shape index (κ3) is 5.60. The zero-order valence-electron chi connectivity index (χ0n) is 12.7. The smallest absolute Gasteiger partial charge is 0.328 e. The van der Waals surface area contributed by atoms with Crippen LogP contribution in [0.1, 0.15) is 16.6 Å². The van der Waals surface area contributed by atoms with Crippen molar-refractivity contribution in [1.29, 1.82) is 0 Å². The summed E-state index contributed by atoms with van der Waals surface area (Å²) in [5.41, 5.74) is 0.627. The average Bonchev–Trinajstić information content (AvgIpc) is 3.07. The Morgan fingerprint density at radius 1 is 1.25 bits per heavy atom. The highest BCUT2D eigenvalue weighted by atomic mass is 127. The van der Waals surface area contributed by atoms with Crippen LogP contribution in [0, 0.1) is 3.57 Å². The fourth-order valence-electron chi connectivity index (χ4n) is 1.76. The van der Waals surface area contributed by atoms with Gasteiger partial charge in [0.25, 0.3) is 11.8 Å². The maximum atomic E-state index is 11.8. The maximum Gasteiger partial charge on any atom is 0.328 e. The van der Waals surface area contributed by atoms with E-state index in [9.17, 15) is 14.4 Å². The van der Waals surface area contributed by atoms with Crippen molar-refractivity contribution in [2.45, 2.75) is 13.0 Å². The van der Waals surface area contributed by atoms with Gasteiger partial charge in [0.2, 0.25) is 0 Å². The molecule has 126 valence electrons. The molecule has 24 heavy (non-hydrogen) atoms. The molecule has 0 spiro atoms. The van der Waals surface area contributed by atoms with Gasteiger partial charge < -0.3 is 15.4 Å². The van der Waals surface area contributed by atoms with Gasteiger partial charge in [0.15, 0.2) is 6.61 Å². The van der Waals surface area contributed by atoms with Crippen LogP contribution in [-0.2, 0) is 14.3 Å². The molecule has 1 aromatic carbocycles. The van der Waals surface area contributed by atoms with Crippen molar-refractivity contribution < 1.29 is 19.1 Å². The van der Waals surface area contributed by atoms with Crippen LogP contribution in [0.5, 0.6) is 0 Å². The van der Waals surface area contributed by atoms with Crippen LogP contribution in [-0.4, -0.2) is 30.4 Å². The highest BCUT2D eigenvalue weighted by Crippen LogP contribution is 2.12. The van der Waals surface area contributed by atoms with Gasteiger partial charge in [-0.15, -0.1) is 11.3 Å². The molecule has 6 nitrogen and oxygen atoms in total. The highest BCUT2D eigenvalue weighted by molar-refractivity contribution is 14.1. The number of hydrogen-bond donors (Lipinski definition) is 2. The summed E-state index contributed by atoms with van der Waals surface area (Å²) in [6.07, 6.45) is 0. The lowest BCUT2D eigenvalue weighted by Gasteiger charge is -2.13. The molecule has 0 aliphatic heterocycles. The molecular weight excluding hydrogens is 443 g/mol. The predicted molar refractivity (Wildman–Crippen MR) is 100.0 cm³/mol. The molecule has 2 N–H and O–H groups in total. The number of thiophene rings is 1. The lowest BCUT2D eigenvalue weighted by Crippen LogP contribution is -2.40. The Balaban J connectivity index is 1.77. The minimum atomic E-state index is -0.843. The second kappa shape index (κ2) is 8.78. The number of esters is 1. The molecule has 0 bridgehead atoms. The summed E-state index contributed by atoms with van der Waals surface area (Å²) < 4.78 is 5.90. The van der Waals surface area contributed by atoms with E-state index in [1.807, 2.05) is 12.1 Å².